The van der Waals surface area contributed by atoms with Gasteiger partial charge in [-0.2, -0.15) is 0 Å². The van der Waals surface area contributed by atoms with E-state index < -0.39 is 0 Å². The highest BCUT2D eigenvalue weighted by molar-refractivity contribution is 5.40. The van der Waals surface area contributed by atoms with Gasteiger partial charge in [0.25, 0.3) is 0 Å². The molecule has 2 N–H and O–H groups in total. The SMILES string of the molecule is CCN(CCOC)Cc1cccc(N)c1. The van der Waals surface area contributed by atoms with Crippen LogP contribution in [0, 0.1) is 0 Å². The summed E-state index contributed by atoms with van der Waals surface area (Å²) in [6, 6.07) is 8.03. The Balaban J connectivity index is 2.50. The molecule has 0 atom stereocenters. The number of ether oxygens (including phenoxy) is 1. The molecule has 0 heterocycles. The van der Waals surface area contributed by atoms with Crippen molar-refractivity contribution in [1.82, 2.24) is 4.90 Å². The first-order valence-electron chi connectivity index (χ1n) is 5.32. The van der Waals surface area contributed by atoms with Crippen LogP contribution in [0.5, 0.6) is 0 Å². The van der Waals surface area contributed by atoms with Crippen molar-refractivity contribution >= 4 is 5.69 Å². The standard InChI is InChI=1S/C12H20N2O/c1-3-14(7-8-15-2)10-11-5-4-6-12(13)9-11/h4-6,9H,3,7-8,10,13H2,1-2H3. The zero-order valence-electron chi connectivity index (χ0n) is 9.57. The Kier molecular flexibility index (Phi) is 5.15. The Morgan fingerprint density at radius 1 is 1.40 bits per heavy atom. The van der Waals surface area contributed by atoms with E-state index >= 15 is 0 Å². The van der Waals surface area contributed by atoms with Crippen molar-refractivity contribution in [2.45, 2.75) is 13.5 Å². The number of methoxy groups -OCH3 is 1. The molecule has 1 aromatic carbocycles. The van der Waals surface area contributed by atoms with Crippen molar-refractivity contribution < 1.29 is 4.74 Å². The molecule has 0 spiro atoms. The minimum Gasteiger partial charge on any atom is -0.399 e. The van der Waals surface area contributed by atoms with Gasteiger partial charge in [-0.3, -0.25) is 4.90 Å². The molecule has 1 rings (SSSR count). The van der Waals surface area contributed by atoms with E-state index in [1.165, 1.54) is 5.56 Å². The van der Waals surface area contributed by atoms with E-state index in [4.69, 9.17) is 10.5 Å². The Morgan fingerprint density at radius 3 is 2.80 bits per heavy atom. The van der Waals surface area contributed by atoms with Crippen molar-refractivity contribution in [3.05, 3.63) is 29.8 Å². The van der Waals surface area contributed by atoms with E-state index in [9.17, 15) is 0 Å². The van der Waals surface area contributed by atoms with Crippen molar-refractivity contribution in [1.29, 1.82) is 0 Å². The summed E-state index contributed by atoms with van der Waals surface area (Å²) in [5.74, 6) is 0. The fraction of sp³-hybridized carbons (Fsp3) is 0.500. The van der Waals surface area contributed by atoms with Crippen molar-refractivity contribution in [2.24, 2.45) is 0 Å². The summed E-state index contributed by atoms with van der Waals surface area (Å²) in [6.45, 7) is 5.85. The van der Waals surface area contributed by atoms with Crippen LogP contribution in [0.2, 0.25) is 0 Å². The van der Waals surface area contributed by atoms with Crippen LogP contribution in [0.4, 0.5) is 5.69 Å². The molecule has 0 aromatic heterocycles. The molecule has 1 aromatic rings. The summed E-state index contributed by atoms with van der Waals surface area (Å²) in [5.41, 5.74) is 7.82. The van der Waals surface area contributed by atoms with Crippen molar-refractivity contribution in [3.8, 4) is 0 Å². The summed E-state index contributed by atoms with van der Waals surface area (Å²) in [7, 11) is 1.73. The third-order valence-corrected chi connectivity index (χ3v) is 2.42. The molecule has 0 amide bonds. The minimum atomic E-state index is 0.774. The predicted molar refractivity (Wildman–Crippen MR) is 63.7 cm³/mol. The normalized spacial score (nSPS) is 10.9. The highest BCUT2D eigenvalue weighted by Gasteiger charge is 2.03. The van der Waals surface area contributed by atoms with Crippen LogP contribution in [0.25, 0.3) is 0 Å². The second-order valence-corrected chi connectivity index (χ2v) is 3.61. The van der Waals surface area contributed by atoms with E-state index in [1.807, 2.05) is 18.2 Å². The van der Waals surface area contributed by atoms with Crippen LogP contribution in [0.15, 0.2) is 24.3 Å². The van der Waals surface area contributed by atoms with Crippen LogP contribution in [-0.2, 0) is 11.3 Å². The third-order valence-electron chi connectivity index (χ3n) is 2.42. The van der Waals surface area contributed by atoms with E-state index in [1.54, 1.807) is 7.11 Å². The van der Waals surface area contributed by atoms with E-state index in [2.05, 4.69) is 17.9 Å². The third kappa shape index (κ3) is 4.32. The number of anilines is 1. The number of hydrogen-bond acceptors (Lipinski definition) is 3. The van der Waals surface area contributed by atoms with Gasteiger partial charge < -0.3 is 10.5 Å². The first-order chi connectivity index (χ1) is 7.26. The fourth-order valence-electron chi connectivity index (χ4n) is 1.52. The lowest BCUT2D eigenvalue weighted by molar-refractivity contribution is 0.147. The maximum absolute atomic E-state index is 5.73. The monoisotopic (exact) mass is 208 g/mol. The lowest BCUT2D eigenvalue weighted by Gasteiger charge is -2.19. The maximum atomic E-state index is 5.73. The second kappa shape index (κ2) is 6.43. The Morgan fingerprint density at radius 2 is 2.20 bits per heavy atom. The molecule has 0 aliphatic rings. The highest BCUT2D eigenvalue weighted by Crippen LogP contribution is 2.09. The Bertz CT molecular complexity index is 289. The lowest BCUT2D eigenvalue weighted by Crippen LogP contribution is -2.26. The average Bonchev–Trinajstić information content (AvgIpc) is 2.24. The molecule has 0 fully saturated rings. The van der Waals surface area contributed by atoms with Crippen LogP contribution >= 0.6 is 0 Å². The Labute approximate surface area is 91.8 Å². The van der Waals surface area contributed by atoms with Crippen molar-refractivity contribution in [2.75, 3.05) is 32.5 Å². The number of hydrogen-bond donors (Lipinski definition) is 1. The van der Waals surface area contributed by atoms with Gasteiger partial charge in [-0.1, -0.05) is 19.1 Å². The minimum absolute atomic E-state index is 0.774. The molecule has 0 saturated carbocycles. The first kappa shape index (κ1) is 12.0. The molecule has 3 heteroatoms. The van der Waals surface area contributed by atoms with Gasteiger partial charge >= 0.3 is 0 Å². The maximum Gasteiger partial charge on any atom is 0.0589 e. The number of nitrogens with two attached hydrogens (primary N) is 1. The summed E-state index contributed by atoms with van der Waals surface area (Å²) >= 11 is 0. The van der Waals surface area contributed by atoms with Crippen LogP contribution in [0.1, 0.15) is 12.5 Å². The van der Waals surface area contributed by atoms with Gasteiger partial charge in [-0.05, 0) is 24.2 Å². The molecule has 84 valence electrons. The highest BCUT2D eigenvalue weighted by atomic mass is 16.5. The zero-order chi connectivity index (χ0) is 11.1. The van der Waals surface area contributed by atoms with Crippen LogP contribution in [-0.4, -0.2) is 31.7 Å². The first-order valence-corrected chi connectivity index (χ1v) is 5.32. The fourth-order valence-corrected chi connectivity index (χ4v) is 1.52. The van der Waals surface area contributed by atoms with Gasteiger partial charge in [-0.25, -0.2) is 0 Å². The van der Waals surface area contributed by atoms with Gasteiger partial charge in [-0.15, -0.1) is 0 Å². The van der Waals surface area contributed by atoms with Gasteiger partial charge in [0, 0.05) is 25.9 Å². The number of nitrogen functional groups attached to an aromatic ring is 1. The zero-order valence-corrected chi connectivity index (χ0v) is 9.57. The van der Waals surface area contributed by atoms with Gasteiger partial charge in [0.05, 0.1) is 6.61 Å². The number of benzene rings is 1. The smallest absolute Gasteiger partial charge is 0.0589 e. The molecule has 0 saturated heterocycles. The van der Waals surface area contributed by atoms with Crippen LogP contribution < -0.4 is 5.73 Å². The quantitative estimate of drug-likeness (QED) is 0.724. The van der Waals surface area contributed by atoms with Gasteiger partial charge in [0.15, 0.2) is 0 Å². The number of nitrogens with zero attached hydrogens (tertiary/aromatic N) is 1. The molecule has 0 radical (unpaired) electrons. The molecule has 0 aliphatic heterocycles. The molecule has 0 unspecified atom stereocenters. The van der Waals surface area contributed by atoms with Crippen LogP contribution in [0.3, 0.4) is 0 Å². The molecule has 0 bridgehead atoms. The summed E-state index contributed by atoms with van der Waals surface area (Å²) in [6.07, 6.45) is 0. The van der Waals surface area contributed by atoms with Gasteiger partial charge in [0.2, 0.25) is 0 Å². The Hall–Kier alpha value is -1.06. The van der Waals surface area contributed by atoms with Crippen molar-refractivity contribution in [3.63, 3.8) is 0 Å². The van der Waals surface area contributed by atoms with E-state index in [-0.39, 0.29) is 0 Å². The van der Waals surface area contributed by atoms with Gasteiger partial charge in [0.1, 0.15) is 0 Å². The second-order valence-electron chi connectivity index (χ2n) is 3.61. The summed E-state index contributed by atoms with van der Waals surface area (Å²) in [5, 5.41) is 0. The largest absolute Gasteiger partial charge is 0.399 e. The molecule has 3 nitrogen and oxygen atoms in total. The molecular formula is C12H20N2O. The molecular weight excluding hydrogens is 188 g/mol. The topological polar surface area (TPSA) is 38.5 Å². The van der Waals surface area contributed by atoms with E-state index in [0.717, 1.165) is 31.9 Å². The summed E-state index contributed by atoms with van der Waals surface area (Å²) in [4.78, 5) is 2.33. The molecule has 15 heavy (non-hydrogen) atoms. The number of likely N-dealkylation sites (N-methyl/N-ethyl adjacent to an activating group) is 1. The predicted octanol–water partition coefficient (Wildman–Crippen LogP) is 1.74. The average molecular weight is 208 g/mol. The summed E-state index contributed by atoms with van der Waals surface area (Å²) < 4.78 is 5.07. The number of rotatable bonds is 6. The lowest BCUT2D eigenvalue weighted by atomic mass is 10.2. The van der Waals surface area contributed by atoms with E-state index in [0.29, 0.717) is 0 Å². The molecule has 0 aliphatic carbocycles.